The highest BCUT2D eigenvalue weighted by atomic mass is 32.2. The van der Waals surface area contributed by atoms with Gasteiger partial charge in [0.25, 0.3) is 0 Å². The normalized spacial score (nSPS) is 18.2. The Hall–Kier alpha value is -2.26. The van der Waals surface area contributed by atoms with Crippen LogP contribution in [0.2, 0.25) is 0 Å². The molecule has 1 aliphatic carbocycles. The van der Waals surface area contributed by atoms with Crippen molar-refractivity contribution >= 4 is 57.2 Å². The molecule has 2 atom stereocenters. The summed E-state index contributed by atoms with van der Waals surface area (Å²) >= 11 is 4.94. The van der Waals surface area contributed by atoms with Crippen LogP contribution in [0.3, 0.4) is 0 Å². The van der Waals surface area contributed by atoms with Crippen LogP contribution < -0.4 is 9.62 Å². The number of fused-ring (bicyclic) bond motifs is 1. The number of hydrogen-bond donors (Lipinski definition) is 1. The van der Waals surface area contributed by atoms with Crippen LogP contribution in [0.1, 0.15) is 17.4 Å². The van der Waals surface area contributed by atoms with Gasteiger partial charge in [0, 0.05) is 30.0 Å². The smallest absolute Gasteiger partial charge is 0.105 e. The van der Waals surface area contributed by atoms with Gasteiger partial charge in [0.2, 0.25) is 0 Å². The summed E-state index contributed by atoms with van der Waals surface area (Å²) in [5, 5.41) is 0.228. The molecule has 2 unspecified atom stereocenters. The quantitative estimate of drug-likeness (QED) is 0.371. The van der Waals surface area contributed by atoms with Crippen LogP contribution in [0, 0.1) is 0 Å². The van der Waals surface area contributed by atoms with E-state index in [0.717, 1.165) is 25.4 Å². The summed E-state index contributed by atoms with van der Waals surface area (Å²) in [6, 6.07) is 14.6. The van der Waals surface area contributed by atoms with Crippen molar-refractivity contribution in [2.24, 2.45) is 0 Å². The van der Waals surface area contributed by atoms with Crippen molar-refractivity contribution < 1.29 is 4.21 Å². The standard InChI is InChI=1S/C24H21N3OS4/c1-27-20-13-14-25-16-21(20)29-24(27)17-7-6-8-18(15-17)26-31-22-11-12-23(30-22)32(28)19-9-4-2-3-5-10-19/h2,4-16,24,26H,3H2,1H3. The van der Waals surface area contributed by atoms with Crippen LogP contribution in [0.5, 0.6) is 0 Å². The predicted molar refractivity (Wildman–Crippen MR) is 139 cm³/mol. The van der Waals surface area contributed by atoms with Crippen LogP contribution in [-0.2, 0) is 10.8 Å². The van der Waals surface area contributed by atoms with E-state index < -0.39 is 10.8 Å². The molecule has 0 fully saturated rings. The average molecular weight is 496 g/mol. The third-order valence-corrected chi connectivity index (χ3v) is 10.2. The van der Waals surface area contributed by atoms with Gasteiger partial charge in [-0.15, -0.1) is 11.3 Å². The highest BCUT2D eigenvalue weighted by Gasteiger charge is 2.28. The summed E-state index contributed by atoms with van der Waals surface area (Å²) in [7, 11) is 0.975. The molecular weight excluding hydrogens is 475 g/mol. The van der Waals surface area contributed by atoms with Gasteiger partial charge in [-0.05, 0) is 66.4 Å². The van der Waals surface area contributed by atoms with Crippen molar-refractivity contribution in [3.8, 4) is 0 Å². The van der Waals surface area contributed by atoms with Gasteiger partial charge < -0.3 is 9.62 Å². The first kappa shape index (κ1) is 21.6. The highest BCUT2D eigenvalue weighted by Crippen LogP contribution is 2.50. The van der Waals surface area contributed by atoms with Crippen LogP contribution in [0.15, 0.2) is 103 Å². The Bertz CT molecular complexity index is 1250. The maximum Gasteiger partial charge on any atom is 0.105 e. The number of hydrogen-bond acceptors (Lipinski definition) is 7. The van der Waals surface area contributed by atoms with Crippen LogP contribution in [0.4, 0.5) is 11.4 Å². The van der Waals surface area contributed by atoms with Crippen molar-refractivity contribution in [2.75, 3.05) is 16.7 Å². The number of pyridine rings is 1. The molecule has 8 heteroatoms. The number of nitrogens with zero attached hydrogens (tertiary/aromatic N) is 2. The summed E-state index contributed by atoms with van der Waals surface area (Å²) in [4.78, 5) is 8.60. The molecule has 1 aliphatic heterocycles. The van der Waals surface area contributed by atoms with Gasteiger partial charge in [-0.2, -0.15) is 0 Å². The van der Waals surface area contributed by atoms with E-state index in [1.807, 2.05) is 60.6 Å². The van der Waals surface area contributed by atoms with Crippen molar-refractivity contribution in [3.63, 3.8) is 0 Å². The molecule has 2 aliphatic rings. The lowest BCUT2D eigenvalue weighted by molar-refractivity contribution is 0.688. The van der Waals surface area contributed by atoms with Gasteiger partial charge in [-0.25, -0.2) is 4.21 Å². The molecule has 5 rings (SSSR count). The molecule has 0 radical (unpaired) electrons. The molecule has 1 N–H and O–H groups in total. The van der Waals surface area contributed by atoms with Gasteiger partial charge >= 0.3 is 0 Å². The first-order valence-corrected chi connectivity index (χ1v) is 13.8. The first-order valence-electron chi connectivity index (χ1n) is 10.1. The van der Waals surface area contributed by atoms with E-state index >= 15 is 0 Å². The monoisotopic (exact) mass is 495 g/mol. The Morgan fingerprint density at radius 3 is 3.06 bits per heavy atom. The second-order valence-corrected chi connectivity index (χ2v) is 12.3. The predicted octanol–water partition coefficient (Wildman–Crippen LogP) is 7.01. The molecule has 0 spiro atoms. The molecule has 0 saturated carbocycles. The zero-order chi connectivity index (χ0) is 21.9. The first-order chi connectivity index (χ1) is 15.7. The lowest BCUT2D eigenvalue weighted by Gasteiger charge is -2.22. The van der Waals surface area contributed by atoms with E-state index in [0.29, 0.717) is 0 Å². The Balaban J connectivity index is 1.25. The lowest BCUT2D eigenvalue weighted by atomic mass is 10.2. The zero-order valence-electron chi connectivity index (χ0n) is 17.3. The number of aromatic nitrogens is 1. The second-order valence-electron chi connectivity index (χ2n) is 7.23. The number of thiophene rings is 1. The minimum Gasteiger partial charge on any atom is -0.357 e. The van der Waals surface area contributed by atoms with Crippen LogP contribution >= 0.6 is 35.0 Å². The summed E-state index contributed by atoms with van der Waals surface area (Å²) in [5.74, 6) is 0. The van der Waals surface area contributed by atoms with E-state index in [2.05, 4.69) is 58.1 Å². The molecule has 0 amide bonds. The largest absolute Gasteiger partial charge is 0.357 e. The molecule has 3 heterocycles. The molecule has 0 bridgehead atoms. The molecule has 4 nitrogen and oxygen atoms in total. The Morgan fingerprint density at radius 1 is 1.22 bits per heavy atom. The van der Waals surface area contributed by atoms with Gasteiger partial charge in [-0.3, -0.25) is 4.98 Å². The fourth-order valence-electron chi connectivity index (χ4n) is 3.49. The van der Waals surface area contributed by atoms with Gasteiger partial charge in [0.15, 0.2) is 0 Å². The number of nitrogens with one attached hydrogen (secondary N) is 1. The summed E-state index contributed by atoms with van der Waals surface area (Å²) in [5.41, 5.74) is 3.51. The van der Waals surface area contributed by atoms with E-state index in [4.69, 9.17) is 0 Å². The van der Waals surface area contributed by atoms with Crippen molar-refractivity contribution in [1.82, 2.24) is 4.98 Å². The molecule has 32 heavy (non-hydrogen) atoms. The second kappa shape index (κ2) is 9.70. The molecule has 3 aromatic rings. The minimum atomic E-state index is -1.15. The summed E-state index contributed by atoms with van der Waals surface area (Å²) < 4.78 is 18.3. The minimum absolute atomic E-state index is 0.228. The molecular formula is C24H21N3OS4. The molecule has 2 aromatic heterocycles. The Morgan fingerprint density at radius 2 is 2.16 bits per heavy atom. The van der Waals surface area contributed by atoms with Gasteiger partial charge in [0.1, 0.15) is 5.37 Å². The fraction of sp³-hybridized carbons (Fsp3) is 0.125. The zero-order valence-corrected chi connectivity index (χ0v) is 20.6. The summed E-state index contributed by atoms with van der Waals surface area (Å²) in [6.45, 7) is 0. The number of rotatable bonds is 6. The molecule has 162 valence electrons. The summed E-state index contributed by atoms with van der Waals surface area (Å²) in [6.07, 6.45) is 14.6. The molecule has 0 saturated heterocycles. The SMILES string of the molecule is CN1c2ccncc2SC1c1cccc(NSc2ccc(S(=O)C3=CC=CCC=C3)s2)c1. The Kier molecular flexibility index (Phi) is 6.54. The number of benzene rings is 1. The van der Waals surface area contributed by atoms with E-state index in [1.165, 1.54) is 16.1 Å². The van der Waals surface area contributed by atoms with Crippen LogP contribution in [0.25, 0.3) is 0 Å². The van der Waals surface area contributed by atoms with Crippen molar-refractivity contribution in [2.45, 2.75) is 25.1 Å². The van der Waals surface area contributed by atoms with E-state index in [-0.39, 0.29) is 5.37 Å². The number of thioether (sulfide) groups is 1. The average Bonchev–Trinajstić information content (AvgIpc) is 3.32. The van der Waals surface area contributed by atoms with Crippen molar-refractivity contribution in [3.05, 3.63) is 95.7 Å². The highest BCUT2D eigenvalue weighted by molar-refractivity contribution is 8.02. The van der Waals surface area contributed by atoms with Gasteiger partial charge in [0.05, 0.1) is 29.8 Å². The van der Waals surface area contributed by atoms with Crippen molar-refractivity contribution in [1.29, 1.82) is 0 Å². The third kappa shape index (κ3) is 4.59. The fourth-order valence-corrected chi connectivity index (χ4v) is 8.12. The number of anilines is 2. The van der Waals surface area contributed by atoms with Gasteiger partial charge in [-0.1, -0.05) is 42.1 Å². The van der Waals surface area contributed by atoms with E-state index in [1.54, 1.807) is 23.3 Å². The van der Waals surface area contributed by atoms with E-state index in [9.17, 15) is 4.21 Å². The Labute approximate surface area is 203 Å². The maximum absolute atomic E-state index is 12.9. The topological polar surface area (TPSA) is 45.2 Å². The number of allylic oxidation sites excluding steroid dienone is 5. The van der Waals surface area contributed by atoms with Crippen LogP contribution in [-0.4, -0.2) is 16.2 Å². The maximum atomic E-state index is 12.9. The molecule has 1 aromatic carbocycles. The lowest BCUT2D eigenvalue weighted by Crippen LogP contribution is -2.17. The third-order valence-electron chi connectivity index (χ3n) is 5.08.